The van der Waals surface area contributed by atoms with Crippen LogP contribution in [-0.2, 0) is 4.74 Å². The maximum Gasteiger partial charge on any atom is 0.267 e. The molecule has 0 aliphatic heterocycles. The minimum Gasteiger partial charge on any atom is -0.383 e. The molecule has 1 aromatic rings. The van der Waals surface area contributed by atoms with Crippen molar-refractivity contribution in [3.8, 4) is 0 Å². The predicted octanol–water partition coefficient (Wildman–Crippen LogP) is 1.59. The molecule has 0 bridgehead atoms. The molecular formula is C9H13BrClN3O2. The molecule has 2 N–H and O–H groups in total. The highest BCUT2D eigenvalue weighted by molar-refractivity contribution is 9.10. The van der Waals surface area contributed by atoms with Gasteiger partial charge in [0.15, 0.2) is 0 Å². The average Bonchev–Trinajstić information content (AvgIpc) is 2.25. The summed E-state index contributed by atoms with van der Waals surface area (Å²) < 4.78 is 5.31. The van der Waals surface area contributed by atoms with Gasteiger partial charge in [-0.05, 0) is 22.4 Å². The molecule has 1 rings (SSSR count). The molecule has 0 aliphatic rings. The second-order valence-electron chi connectivity index (χ2n) is 3.16. The fraction of sp³-hybridized carbons (Fsp3) is 0.556. The summed E-state index contributed by atoms with van der Waals surface area (Å²) in [7, 11) is 1.61. The number of rotatable bonds is 6. The van der Waals surface area contributed by atoms with Crippen molar-refractivity contribution in [1.29, 1.82) is 0 Å². The third-order valence-electron chi connectivity index (χ3n) is 1.89. The molecule has 0 saturated heterocycles. The van der Waals surface area contributed by atoms with Crippen molar-refractivity contribution in [2.75, 3.05) is 25.6 Å². The van der Waals surface area contributed by atoms with Crippen LogP contribution in [0.25, 0.3) is 0 Å². The summed E-state index contributed by atoms with van der Waals surface area (Å²) in [6.45, 7) is 1.14. The molecule has 0 aliphatic carbocycles. The second kappa shape index (κ2) is 6.88. The Bertz CT molecular complexity index is 385. The summed E-state index contributed by atoms with van der Waals surface area (Å²) >= 11 is 9.10. The Morgan fingerprint density at radius 2 is 2.50 bits per heavy atom. The first-order chi connectivity index (χ1) is 7.65. The van der Waals surface area contributed by atoms with Crippen molar-refractivity contribution >= 4 is 33.3 Å². The van der Waals surface area contributed by atoms with Crippen molar-refractivity contribution in [2.24, 2.45) is 0 Å². The normalized spacial score (nSPS) is 12.4. The van der Waals surface area contributed by atoms with Crippen LogP contribution in [0.1, 0.15) is 6.42 Å². The van der Waals surface area contributed by atoms with Crippen LogP contribution in [0.4, 0.5) is 5.82 Å². The Kier molecular flexibility index (Phi) is 5.79. The van der Waals surface area contributed by atoms with Gasteiger partial charge in [0, 0.05) is 13.7 Å². The first kappa shape index (κ1) is 13.5. The number of alkyl halides is 1. The highest BCUT2D eigenvalue weighted by atomic mass is 79.9. The number of anilines is 1. The van der Waals surface area contributed by atoms with Crippen LogP contribution in [0.2, 0.25) is 0 Å². The molecule has 1 unspecified atom stereocenters. The summed E-state index contributed by atoms with van der Waals surface area (Å²) in [5.74, 6) is 0.519. The molecule has 1 aromatic heterocycles. The summed E-state index contributed by atoms with van der Waals surface area (Å²) in [5.41, 5.74) is -0.211. The predicted molar refractivity (Wildman–Crippen MR) is 67.2 cm³/mol. The van der Waals surface area contributed by atoms with Crippen LogP contribution in [-0.4, -0.2) is 35.6 Å². The molecule has 0 radical (unpaired) electrons. The number of halogens is 2. The number of nitrogens with one attached hydrogen (secondary N) is 2. The lowest BCUT2D eigenvalue weighted by atomic mass is 10.3. The van der Waals surface area contributed by atoms with Gasteiger partial charge in [-0.3, -0.25) is 4.79 Å². The molecule has 0 fully saturated rings. The Morgan fingerprint density at radius 3 is 3.19 bits per heavy atom. The molecular weight excluding hydrogens is 297 g/mol. The quantitative estimate of drug-likeness (QED) is 0.783. The largest absolute Gasteiger partial charge is 0.383 e. The van der Waals surface area contributed by atoms with Crippen molar-refractivity contribution in [3.63, 3.8) is 0 Å². The molecule has 1 atom stereocenters. The van der Waals surface area contributed by atoms with E-state index in [4.69, 9.17) is 16.3 Å². The van der Waals surface area contributed by atoms with Crippen LogP contribution in [0, 0.1) is 0 Å². The van der Waals surface area contributed by atoms with Crippen molar-refractivity contribution in [1.82, 2.24) is 9.97 Å². The van der Waals surface area contributed by atoms with Gasteiger partial charge in [-0.15, -0.1) is 11.6 Å². The van der Waals surface area contributed by atoms with E-state index in [0.29, 0.717) is 23.4 Å². The van der Waals surface area contributed by atoms with Gasteiger partial charge in [0.2, 0.25) is 0 Å². The summed E-state index contributed by atoms with van der Waals surface area (Å²) in [6, 6.07) is 0. The van der Waals surface area contributed by atoms with Crippen LogP contribution < -0.4 is 10.9 Å². The lowest BCUT2D eigenvalue weighted by Gasteiger charge is -2.09. The van der Waals surface area contributed by atoms with E-state index in [2.05, 4.69) is 31.2 Å². The Morgan fingerprint density at radius 1 is 1.75 bits per heavy atom. The minimum absolute atomic E-state index is 0.0433. The van der Waals surface area contributed by atoms with E-state index in [1.807, 2.05) is 0 Å². The van der Waals surface area contributed by atoms with E-state index >= 15 is 0 Å². The molecule has 0 amide bonds. The van der Waals surface area contributed by atoms with Crippen LogP contribution >= 0.6 is 27.5 Å². The topological polar surface area (TPSA) is 67.0 Å². The zero-order chi connectivity index (χ0) is 12.0. The molecule has 0 aromatic carbocycles. The number of hydrogen-bond donors (Lipinski definition) is 2. The molecule has 90 valence electrons. The number of aromatic amines is 1. The first-order valence-corrected chi connectivity index (χ1v) is 5.98. The maximum absolute atomic E-state index is 11.2. The maximum atomic E-state index is 11.2. The summed E-state index contributed by atoms with van der Waals surface area (Å²) in [5, 5.41) is 2.98. The number of H-pyrrole nitrogens is 1. The molecule has 0 spiro atoms. The van der Waals surface area contributed by atoms with E-state index in [9.17, 15) is 4.79 Å². The van der Waals surface area contributed by atoms with E-state index < -0.39 is 0 Å². The lowest BCUT2D eigenvalue weighted by Crippen LogP contribution is -2.16. The molecule has 16 heavy (non-hydrogen) atoms. The van der Waals surface area contributed by atoms with Crippen molar-refractivity contribution in [3.05, 3.63) is 21.2 Å². The van der Waals surface area contributed by atoms with Gasteiger partial charge in [0.1, 0.15) is 10.3 Å². The smallest absolute Gasteiger partial charge is 0.267 e. The van der Waals surface area contributed by atoms with Crippen molar-refractivity contribution < 1.29 is 4.74 Å². The Hall–Kier alpha value is -0.590. The standard InChI is InChI=1S/C9H13BrClN3O2/c1-16-4-6(11)2-3-12-8-7(10)9(15)14-5-13-8/h5-6H,2-4H2,1H3,(H2,12,13,14,15). The number of aromatic nitrogens is 2. The molecule has 7 heteroatoms. The third-order valence-corrected chi connectivity index (χ3v) is 2.97. The first-order valence-electron chi connectivity index (χ1n) is 4.75. The Labute approximate surface area is 107 Å². The molecule has 1 heterocycles. The number of methoxy groups -OCH3 is 1. The summed E-state index contributed by atoms with van der Waals surface area (Å²) in [6.07, 6.45) is 2.08. The van der Waals surface area contributed by atoms with Gasteiger partial charge in [0.05, 0.1) is 18.3 Å². The monoisotopic (exact) mass is 309 g/mol. The average molecular weight is 311 g/mol. The zero-order valence-corrected chi connectivity index (χ0v) is 11.1. The number of nitrogens with zero attached hydrogens (tertiary/aromatic N) is 1. The van der Waals surface area contributed by atoms with Gasteiger partial charge >= 0.3 is 0 Å². The second-order valence-corrected chi connectivity index (χ2v) is 4.57. The Balaban J connectivity index is 2.43. The molecule has 0 saturated carbocycles. The SMILES string of the molecule is COCC(Cl)CCNc1nc[nH]c(=O)c1Br. The van der Waals surface area contributed by atoms with Gasteiger partial charge in [-0.25, -0.2) is 4.98 Å². The third kappa shape index (κ3) is 4.11. The van der Waals surface area contributed by atoms with Crippen LogP contribution in [0.5, 0.6) is 0 Å². The number of ether oxygens (including phenoxy) is 1. The lowest BCUT2D eigenvalue weighted by molar-refractivity contribution is 0.196. The number of hydrogen-bond acceptors (Lipinski definition) is 4. The summed E-state index contributed by atoms with van der Waals surface area (Å²) in [4.78, 5) is 17.7. The fourth-order valence-electron chi connectivity index (χ4n) is 1.12. The van der Waals surface area contributed by atoms with Crippen molar-refractivity contribution in [2.45, 2.75) is 11.8 Å². The van der Waals surface area contributed by atoms with E-state index in [1.165, 1.54) is 6.33 Å². The van der Waals surface area contributed by atoms with E-state index in [1.54, 1.807) is 7.11 Å². The highest BCUT2D eigenvalue weighted by Crippen LogP contribution is 2.13. The van der Waals surface area contributed by atoms with Gasteiger partial charge in [0.25, 0.3) is 5.56 Å². The zero-order valence-electron chi connectivity index (χ0n) is 8.80. The highest BCUT2D eigenvalue weighted by Gasteiger charge is 2.06. The van der Waals surface area contributed by atoms with Crippen LogP contribution in [0.15, 0.2) is 15.6 Å². The molecule has 5 nitrogen and oxygen atoms in total. The van der Waals surface area contributed by atoms with Gasteiger partial charge in [-0.1, -0.05) is 0 Å². The van der Waals surface area contributed by atoms with Gasteiger partial charge in [-0.2, -0.15) is 0 Å². The fourth-order valence-corrected chi connectivity index (χ4v) is 1.71. The minimum atomic E-state index is -0.211. The van der Waals surface area contributed by atoms with E-state index in [-0.39, 0.29) is 10.9 Å². The van der Waals surface area contributed by atoms with Crippen LogP contribution in [0.3, 0.4) is 0 Å². The van der Waals surface area contributed by atoms with E-state index in [0.717, 1.165) is 6.42 Å². The van der Waals surface area contributed by atoms with Gasteiger partial charge < -0.3 is 15.0 Å².